The Hall–Kier alpha value is -0.180. The van der Waals surface area contributed by atoms with E-state index in [0.717, 1.165) is 18.8 Å². The van der Waals surface area contributed by atoms with Crippen LogP contribution in [0.2, 0.25) is 0 Å². The van der Waals surface area contributed by atoms with Crippen LogP contribution in [-0.4, -0.2) is 17.5 Å². The molecule has 0 aromatic rings. The lowest BCUT2D eigenvalue weighted by molar-refractivity contribution is -0.301. The highest BCUT2D eigenvalue weighted by Crippen LogP contribution is 3.01. The molecule has 3 saturated carbocycles. The Labute approximate surface area is 168 Å². The van der Waals surface area contributed by atoms with Crippen molar-refractivity contribution in [2.75, 3.05) is 0 Å². The Morgan fingerprint density at radius 1 is 0.655 bits per heavy atom. The van der Waals surface area contributed by atoms with E-state index in [2.05, 4.69) is 6.92 Å². The van der Waals surface area contributed by atoms with Gasteiger partial charge >= 0.3 is 6.11 Å². The molecular formula is C20H33F7OS. The summed E-state index contributed by atoms with van der Waals surface area (Å²) >= 11 is 0. The normalized spacial score (nSPS) is 40.1. The van der Waals surface area contributed by atoms with Crippen LogP contribution in [0, 0.1) is 23.7 Å². The minimum absolute atomic E-state index is 0.352. The fourth-order valence-corrected chi connectivity index (χ4v) is 6.76. The number of halogens is 7. The van der Waals surface area contributed by atoms with Gasteiger partial charge in [0.1, 0.15) is 0 Å². The highest BCUT2D eigenvalue weighted by atomic mass is 32.5. The van der Waals surface area contributed by atoms with Crippen LogP contribution in [0.4, 0.5) is 28.2 Å². The van der Waals surface area contributed by atoms with Gasteiger partial charge in [-0.15, -0.1) is 0 Å². The van der Waals surface area contributed by atoms with Crippen molar-refractivity contribution < 1.29 is 32.9 Å². The number of alkyl halides is 2. The SMILES string of the molecule is CC1CCC(C2CCC(C(F)(F)OC3CCC(S(F)(F)(F)(F)F)CC3)CC2)CC1. The lowest BCUT2D eigenvalue weighted by Crippen LogP contribution is -2.41. The monoisotopic (exact) mass is 454 g/mol. The van der Waals surface area contributed by atoms with Crippen molar-refractivity contribution in [2.24, 2.45) is 23.7 Å². The molecule has 0 heterocycles. The first-order chi connectivity index (χ1) is 13.1. The lowest BCUT2D eigenvalue weighted by atomic mass is 9.69. The van der Waals surface area contributed by atoms with E-state index in [1.54, 1.807) is 0 Å². The Morgan fingerprint density at radius 2 is 1.10 bits per heavy atom. The molecule has 0 unspecified atom stereocenters. The lowest BCUT2D eigenvalue weighted by Gasteiger charge is -2.49. The maximum absolute atomic E-state index is 14.6. The molecule has 0 saturated heterocycles. The summed E-state index contributed by atoms with van der Waals surface area (Å²) in [5.41, 5.74) is 0. The minimum atomic E-state index is -9.56. The van der Waals surface area contributed by atoms with Crippen molar-refractivity contribution >= 4 is 10.2 Å². The van der Waals surface area contributed by atoms with Crippen LogP contribution in [-0.2, 0) is 4.74 Å². The predicted molar refractivity (Wildman–Crippen MR) is 102 cm³/mol. The Kier molecular flexibility index (Phi) is 6.03. The number of hydrogen-bond acceptors (Lipinski definition) is 1. The molecular weight excluding hydrogens is 421 g/mol. The van der Waals surface area contributed by atoms with Crippen LogP contribution in [0.1, 0.15) is 84.0 Å². The Balaban J connectivity index is 1.46. The summed E-state index contributed by atoms with van der Waals surface area (Å²) in [7, 11) is -9.56. The molecule has 3 fully saturated rings. The fraction of sp³-hybridized carbons (Fsp3) is 1.00. The zero-order chi connectivity index (χ0) is 21.6. The van der Waals surface area contributed by atoms with Crippen LogP contribution in [0.15, 0.2) is 0 Å². The molecule has 0 aromatic carbocycles. The molecule has 174 valence electrons. The summed E-state index contributed by atoms with van der Waals surface area (Å²) in [6.45, 7) is 2.25. The second kappa shape index (κ2) is 7.45. The first-order valence-corrected chi connectivity index (χ1v) is 12.9. The van der Waals surface area contributed by atoms with Crippen LogP contribution in [0.3, 0.4) is 0 Å². The smallest absolute Gasteiger partial charge is 0.317 e. The Morgan fingerprint density at radius 3 is 1.55 bits per heavy atom. The average Bonchev–Trinajstić information content (AvgIpc) is 2.61. The molecule has 29 heavy (non-hydrogen) atoms. The molecule has 0 aliphatic heterocycles. The third-order valence-electron chi connectivity index (χ3n) is 7.55. The molecule has 3 rings (SSSR count). The zero-order valence-electron chi connectivity index (χ0n) is 16.9. The van der Waals surface area contributed by atoms with Gasteiger partial charge in [-0.3, -0.25) is 0 Å². The predicted octanol–water partition coefficient (Wildman–Crippen LogP) is 8.84. The molecule has 3 aliphatic carbocycles. The van der Waals surface area contributed by atoms with Crippen LogP contribution >= 0.6 is 10.2 Å². The average molecular weight is 455 g/mol. The molecule has 0 spiro atoms. The maximum Gasteiger partial charge on any atom is 0.358 e. The molecule has 0 N–H and O–H groups in total. The summed E-state index contributed by atoms with van der Waals surface area (Å²) in [6.07, 6.45) is -0.0692. The van der Waals surface area contributed by atoms with Gasteiger partial charge in [0.2, 0.25) is 0 Å². The first-order valence-electron chi connectivity index (χ1n) is 10.9. The summed E-state index contributed by atoms with van der Waals surface area (Å²) in [5, 5.41) is -2.68. The van der Waals surface area contributed by atoms with Crippen LogP contribution in [0.5, 0.6) is 0 Å². The molecule has 0 radical (unpaired) electrons. The van der Waals surface area contributed by atoms with Gasteiger partial charge in [0.25, 0.3) is 10.2 Å². The van der Waals surface area contributed by atoms with E-state index in [-0.39, 0.29) is 0 Å². The minimum Gasteiger partial charge on any atom is -0.317 e. The Bertz CT molecular complexity index is 555. The summed E-state index contributed by atoms with van der Waals surface area (Å²) in [5.74, 6) is 0.899. The molecule has 3 aliphatic rings. The third-order valence-corrected chi connectivity index (χ3v) is 9.28. The van der Waals surface area contributed by atoms with Gasteiger partial charge in [0, 0.05) is 0 Å². The number of rotatable bonds is 5. The van der Waals surface area contributed by atoms with Gasteiger partial charge in [-0.1, -0.05) is 39.2 Å². The first kappa shape index (κ1) is 23.5. The topological polar surface area (TPSA) is 9.23 Å². The van der Waals surface area contributed by atoms with Gasteiger partial charge in [-0.05, 0) is 82.0 Å². The molecule has 9 heteroatoms. The number of hydrogen-bond donors (Lipinski definition) is 0. The van der Waals surface area contributed by atoms with E-state index >= 15 is 0 Å². The van der Waals surface area contributed by atoms with Crippen LogP contribution in [0.25, 0.3) is 0 Å². The summed E-state index contributed by atoms with van der Waals surface area (Å²) in [4.78, 5) is 0. The van der Waals surface area contributed by atoms with Gasteiger partial charge in [-0.25, -0.2) is 0 Å². The van der Waals surface area contributed by atoms with Gasteiger partial charge in [0.15, 0.2) is 0 Å². The van der Waals surface area contributed by atoms with Crippen LogP contribution < -0.4 is 0 Å². The standard InChI is InChI=1S/C20H33F7OS/c1-14-2-4-15(5-3-14)16-6-8-17(9-7-16)20(21,22)28-18-10-12-19(13-11-18)29(23,24,25,26)27/h14-19H,2-13H2,1H3. The van der Waals surface area contributed by atoms with Crippen molar-refractivity contribution in [3.8, 4) is 0 Å². The largest absolute Gasteiger partial charge is 0.358 e. The third kappa shape index (κ3) is 6.17. The van der Waals surface area contributed by atoms with Crippen molar-refractivity contribution in [1.29, 1.82) is 0 Å². The highest BCUT2D eigenvalue weighted by molar-refractivity contribution is 8.46. The number of ether oxygens (including phenoxy) is 1. The van der Waals surface area contributed by atoms with Gasteiger partial charge < -0.3 is 4.74 Å². The summed E-state index contributed by atoms with van der Waals surface area (Å²) < 4.78 is 98.5. The van der Waals surface area contributed by atoms with Crippen molar-refractivity contribution in [3.63, 3.8) is 0 Å². The van der Waals surface area contributed by atoms with E-state index in [1.807, 2.05) is 0 Å². The maximum atomic E-state index is 14.6. The molecule has 0 amide bonds. The zero-order valence-corrected chi connectivity index (χ0v) is 17.7. The highest BCUT2D eigenvalue weighted by Gasteiger charge is 2.69. The molecule has 0 bridgehead atoms. The quantitative estimate of drug-likeness (QED) is 0.377. The van der Waals surface area contributed by atoms with Gasteiger partial charge in [0.05, 0.1) is 17.3 Å². The van der Waals surface area contributed by atoms with E-state index in [9.17, 15) is 28.2 Å². The van der Waals surface area contributed by atoms with E-state index < -0.39 is 59.3 Å². The molecule has 1 nitrogen and oxygen atoms in total. The van der Waals surface area contributed by atoms with Crippen molar-refractivity contribution in [3.05, 3.63) is 0 Å². The van der Waals surface area contributed by atoms with Crippen molar-refractivity contribution in [1.82, 2.24) is 0 Å². The molecule has 0 atom stereocenters. The van der Waals surface area contributed by atoms with Gasteiger partial charge in [-0.2, -0.15) is 8.78 Å². The van der Waals surface area contributed by atoms with E-state index in [1.165, 1.54) is 25.7 Å². The summed E-state index contributed by atoms with van der Waals surface area (Å²) in [6, 6.07) is 0. The van der Waals surface area contributed by atoms with E-state index in [0.29, 0.717) is 24.7 Å². The molecule has 0 aromatic heterocycles. The fourth-order valence-electron chi connectivity index (χ4n) is 5.60. The second-order valence-electron chi connectivity index (χ2n) is 9.74. The van der Waals surface area contributed by atoms with E-state index in [4.69, 9.17) is 4.74 Å². The van der Waals surface area contributed by atoms with Crippen molar-refractivity contribution in [2.45, 2.75) is 101 Å². The second-order valence-corrected chi connectivity index (χ2v) is 12.5.